The molecule has 22 rings (SSSR count). The molecule has 580 valence electrons. The number of nitrogens with one attached hydrogen (secondary N) is 22. The van der Waals surface area contributed by atoms with Gasteiger partial charge >= 0.3 is 0 Å². The fraction of sp³-hybridized carbons (Fsp3) is 0.0435. The van der Waals surface area contributed by atoms with Crippen molar-refractivity contribution in [2.45, 2.75) is 27.7 Å². The number of hydrogen-bond acceptors (Lipinski definition) is 4. The van der Waals surface area contributed by atoms with Gasteiger partial charge in [0.15, 0.2) is 0 Å². The summed E-state index contributed by atoms with van der Waals surface area (Å²) >= 11 is 0. The van der Waals surface area contributed by atoms with Crippen LogP contribution in [0.5, 0.6) is 23.0 Å². The molecule has 0 spiro atoms. The van der Waals surface area contributed by atoms with E-state index in [0.29, 0.717) is 22.8 Å². The molecular weight excluding hydrogens is 1480 g/mol. The lowest BCUT2D eigenvalue weighted by molar-refractivity contribution is 0.477. The highest BCUT2D eigenvalue weighted by Crippen LogP contribution is 2.42. The molecular formula is C92H78N22O4. The highest BCUT2D eigenvalue weighted by Gasteiger charge is 2.23. The lowest BCUT2D eigenvalue weighted by Gasteiger charge is -1.99. The van der Waals surface area contributed by atoms with Crippen LogP contribution in [0.25, 0.3) is 228 Å². The number of aryl methyl sites for hydroxylation is 4. The van der Waals surface area contributed by atoms with Gasteiger partial charge in [0.1, 0.15) is 45.8 Å². The minimum Gasteiger partial charge on any atom is -0.506 e. The Hall–Kier alpha value is -16.6. The standard InChI is InChI=1S/2C46H39N11O2/c2*1-23-3-5-25(47-23)27-7-9-29(49-27)31-13-15-37(52-31)41-21-44(59)46(56-41)40-20-18-36(55-40)34-12-11-30(51-34)32-14-16-38(53-32)42-22-43(58)45(57-42)39-19-17-35(54-39)33-10-8-28(50-33)26-6-4-24(2)48-26/h2*3-22,47-59H,1-2H3. The number of hydrogen-bond donors (Lipinski definition) is 26. The SMILES string of the molecule is Cc1ccc(-c2ccc(-c3ccc(-c4cc(O)c(-c5ccc(-c6ccc(-c7ccc(-c8cc(O)c(-c9ccc(-c%10ccc(-c%11ccc(C)[nH]%11)[nH]%10)[nH]9)[nH]8)[nH]7)[nH]6)[nH]5)[nH]4)[nH]3)[nH]2)[nH]1.Cc1ccc(-c2ccc(-c3ccc(-c4cc(O)c(-c5ccc(-c6ccc(-c7ccc(-c8cc(O)c(-c9ccc(-c%10ccc(-c%11ccc(C)[nH]%11)[nH]%10)[nH]9)[nH]8)[nH]7)[nH]6)[nH]5)[nH]4)[nH]3)[nH]2)[nH]1. The fourth-order valence-electron chi connectivity index (χ4n) is 15.7. The normalized spacial score (nSPS) is 11.7. The van der Waals surface area contributed by atoms with E-state index in [2.05, 4.69) is 182 Å². The van der Waals surface area contributed by atoms with Crippen LogP contribution >= 0.6 is 0 Å². The van der Waals surface area contributed by atoms with Gasteiger partial charge in [-0.3, -0.25) is 0 Å². The van der Waals surface area contributed by atoms with Gasteiger partial charge in [0.2, 0.25) is 0 Å². The van der Waals surface area contributed by atoms with Crippen molar-refractivity contribution >= 4 is 0 Å². The van der Waals surface area contributed by atoms with E-state index in [9.17, 15) is 20.4 Å². The van der Waals surface area contributed by atoms with E-state index in [1.54, 1.807) is 24.3 Å². The fourth-order valence-corrected chi connectivity index (χ4v) is 15.7. The van der Waals surface area contributed by atoms with Gasteiger partial charge in [-0.15, -0.1) is 0 Å². The predicted molar refractivity (Wildman–Crippen MR) is 463 cm³/mol. The molecule has 26 N–H and O–H groups in total. The zero-order valence-electron chi connectivity index (χ0n) is 63.9. The Morgan fingerprint density at radius 1 is 0.119 bits per heavy atom. The molecule has 0 atom stereocenters. The van der Waals surface area contributed by atoms with Gasteiger partial charge < -0.3 is 130 Å². The third-order valence-electron chi connectivity index (χ3n) is 21.8. The molecule has 0 unspecified atom stereocenters. The molecule has 0 aliphatic rings. The van der Waals surface area contributed by atoms with Crippen LogP contribution in [0.4, 0.5) is 0 Å². The maximum atomic E-state index is 11.0. The summed E-state index contributed by atoms with van der Waals surface area (Å²) in [7, 11) is 0. The average molecular weight is 1560 g/mol. The van der Waals surface area contributed by atoms with Crippen LogP contribution in [-0.4, -0.2) is 130 Å². The van der Waals surface area contributed by atoms with Crippen molar-refractivity contribution in [1.82, 2.24) is 110 Å². The van der Waals surface area contributed by atoms with Crippen LogP contribution in [0.1, 0.15) is 22.8 Å². The van der Waals surface area contributed by atoms with E-state index >= 15 is 0 Å². The third-order valence-corrected chi connectivity index (χ3v) is 21.8. The molecule has 0 bridgehead atoms. The largest absolute Gasteiger partial charge is 0.506 e. The molecule has 0 fully saturated rings. The number of aromatic nitrogens is 22. The summed E-state index contributed by atoms with van der Waals surface area (Å²) in [4.78, 5) is 75.6. The van der Waals surface area contributed by atoms with Crippen LogP contribution in [-0.2, 0) is 0 Å². The molecule has 0 saturated heterocycles. The first-order valence-corrected chi connectivity index (χ1v) is 38.6. The van der Waals surface area contributed by atoms with Gasteiger partial charge in [-0.25, -0.2) is 0 Å². The average Bonchev–Trinajstić information content (AvgIpc) is 1.65. The molecule has 22 aromatic rings. The third kappa shape index (κ3) is 12.9. The van der Waals surface area contributed by atoms with Crippen molar-refractivity contribution in [3.8, 4) is 251 Å². The lowest BCUT2D eigenvalue weighted by Crippen LogP contribution is -1.84. The number of aromatic hydroxyl groups is 4. The summed E-state index contributed by atoms with van der Waals surface area (Å²) in [6.45, 7) is 8.14. The quantitative estimate of drug-likeness (QED) is 0.0354. The molecule has 22 aromatic heterocycles. The molecule has 0 amide bonds. The molecule has 0 aliphatic carbocycles. The van der Waals surface area contributed by atoms with Crippen molar-refractivity contribution in [3.05, 3.63) is 265 Å². The first kappa shape index (κ1) is 69.3. The first-order valence-electron chi connectivity index (χ1n) is 38.6. The van der Waals surface area contributed by atoms with E-state index in [-0.39, 0.29) is 23.0 Å². The Morgan fingerprint density at radius 2 is 0.220 bits per heavy atom. The smallest absolute Gasteiger partial charge is 0.143 e. The Bertz CT molecular complexity index is 6940. The van der Waals surface area contributed by atoms with Crippen molar-refractivity contribution in [1.29, 1.82) is 0 Å². The van der Waals surface area contributed by atoms with Gasteiger partial charge in [0.05, 0.1) is 205 Å². The molecule has 22 heterocycles. The van der Waals surface area contributed by atoms with E-state index in [1.807, 2.05) is 173 Å². The second-order valence-electron chi connectivity index (χ2n) is 30.0. The number of aromatic amines is 22. The van der Waals surface area contributed by atoms with Gasteiger partial charge in [-0.2, -0.15) is 0 Å². The number of H-pyrrole nitrogens is 22. The zero-order chi connectivity index (χ0) is 79.6. The second kappa shape index (κ2) is 27.6. The van der Waals surface area contributed by atoms with Gasteiger partial charge in [0.25, 0.3) is 0 Å². The predicted octanol–water partition coefficient (Wildman–Crippen LogP) is 22.0. The molecule has 26 heteroatoms. The monoisotopic (exact) mass is 1550 g/mol. The molecule has 0 saturated carbocycles. The minimum absolute atomic E-state index is 0.146. The summed E-state index contributed by atoms with van der Waals surface area (Å²) in [5, 5.41) is 43.9. The van der Waals surface area contributed by atoms with Crippen molar-refractivity contribution < 1.29 is 20.4 Å². The van der Waals surface area contributed by atoms with E-state index in [4.69, 9.17) is 0 Å². The van der Waals surface area contributed by atoms with Gasteiger partial charge in [-0.1, -0.05) is 0 Å². The second-order valence-corrected chi connectivity index (χ2v) is 30.0. The Labute approximate surface area is 670 Å². The highest BCUT2D eigenvalue weighted by molar-refractivity contribution is 5.82. The topological polar surface area (TPSA) is 428 Å². The van der Waals surface area contributed by atoms with Crippen molar-refractivity contribution in [3.63, 3.8) is 0 Å². The molecule has 0 aromatic carbocycles. The highest BCUT2D eigenvalue weighted by atomic mass is 16.3. The summed E-state index contributed by atoms with van der Waals surface area (Å²) in [5.41, 5.74) is 39.1. The Balaban J connectivity index is 0.000000147. The van der Waals surface area contributed by atoms with Crippen LogP contribution in [0.15, 0.2) is 243 Å². The summed E-state index contributed by atoms with van der Waals surface area (Å²) in [6, 6.07) is 79.6. The maximum Gasteiger partial charge on any atom is 0.143 e. The Kier molecular flexibility index (Phi) is 16.2. The molecule has 0 aliphatic heterocycles. The zero-order valence-corrected chi connectivity index (χ0v) is 63.9. The summed E-state index contributed by atoms with van der Waals surface area (Å²) in [5.74, 6) is 0.588. The summed E-state index contributed by atoms with van der Waals surface area (Å²) in [6.07, 6.45) is 0. The summed E-state index contributed by atoms with van der Waals surface area (Å²) < 4.78 is 0. The van der Waals surface area contributed by atoms with E-state index < -0.39 is 0 Å². The van der Waals surface area contributed by atoms with Crippen LogP contribution < -0.4 is 0 Å². The van der Waals surface area contributed by atoms with Gasteiger partial charge in [-0.05, 0) is 246 Å². The van der Waals surface area contributed by atoms with Crippen LogP contribution in [0.3, 0.4) is 0 Å². The first-order chi connectivity index (χ1) is 57.5. The van der Waals surface area contributed by atoms with Crippen molar-refractivity contribution in [2.75, 3.05) is 0 Å². The molecule has 26 nitrogen and oxygen atoms in total. The van der Waals surface area contributed by atoms with Crippen LogP contribution in [0.2, 0.25) is 0 Å². The number of rotatable bonds is 20. The lowest BCUT2D eigenvalue weighted by atomic mass is 10.3. The minimum atomic E-state index is 0.146. The maximum absolute atomic E-state index is 11.0. The molecule has 0 radical (unpaired) electrons. The van der Waals surface area contributed by atoms with E-state index in [0.717, 1.165) is 228 Å². The van der Waals surface area contributed by atoms with Crippen LogP contribution in [0, 0.1) is 27.7 Å². The molecule has 118 heavy (non-hydrogen) atoms. The van der Waals surface area contributed by atoms with Gasteiger partial charge in [0, 0.05) is 47.0 Å². The van der Waals surface area contributed by atoms with E-state index in [1.165, 1.54) is 0 Å². The van der Waals surface area contributed by atoms with Crippen molar-refractivity contribution in [2.24, 2.45) is 0 Å². The Morgan fingerprint density at radius 3 is 0.347 bits per heavy atom.